The van der Waals surface area contributed by atoms with Crippen molar-refractivity contribution in [2.24, 2.45) is 11.7 Å². The van der Waals surface area contributed by atoms with Crippen LogP contribution < -0.4 is 37.6 Å². The maximum atomic E-state index is 14.8. The Bertz CT molecular complexity index is 2490. The van der Waals surface area contributed by atoms with E-state index in [0.29, 0.717) is 32.2 Å². The number of hydrogen-bond acceptors (Lipinski definition) is 25. The van der Waals surface area contributed by atoms with Gasteiger partial charge in [0, 0.05) is 39.4 Å². The van der Waals surface area contributed by atoms with Crippen LogP contribution >= 0.6 is 0 Å². The van der Waals surface area contributed by atoms with Gasteiger partial charge in [-0.1, -0.05) is 6.92 Å². The van der Waals surface area contributed by atoms with Gasteiger partial charge in [-0.05, 0) is 59.3 Å². The number of aliphatic hydroxyl groups excluding tert-OH is 9. The molecule has 0 bridgehead atoms. The summed E-state index contributed by atoms with van der Waals surface area (Å²) < 4.78 is 35.9. The first-order valence-corrected chi connectivity index (χ1v) is 29.3. The third kappa shape index (κ3) is 16.9. The van der Waals surface area contributed by atoms with E-state index < -0.39 is 226 Å². The molecule has 0 aromatic heterocycles. The fraction of sp³-hybridized carbons (Fsp3) is 0.811. The standard InChI is InChI=1S/C53H86N10O25/c1-21-43(88-53-42(75)41(74)38(71)32(19-66)86-53)39(72)33(20-83-52-36(58-25(5)67)40(73)37(70)31(18-65)85-52)87-51(21)84-24(4)35(60-45(77)27(17-64)59-34(69)16-55-46(78)28-10-7-13-61(28)26(6)68)48(80)57-23(3)49(81)63-15-9-12-30(63)50(82)62-14-8-11-29(62)47(79)56-22(2)44(54)76/h21-24,27-33,35-43,51-53,64-66,70-75H,7-20H2,1-6H3,(H2,54,76)(H,55,78)(H,56,79)(H,57,80)(H,58,67)(H,59,69)(H,60,77)/t21?,22?,23?,24?,27?,28?,29?,30?,31?,32?,33?,35?,36?,37-,38-,39-,40+,41-,42?,43+,51+,52+,53-/m0/s1. The van der Waals surface area contributed by atoms with Crippen molar-refractivity contribution in [2.75, 3.05) is 52.6 Å². The van der Waals surface area contributed by atoms with E-state index in [1.165, 1.54) is 49.3 Å². The number of carbonyl (C=O) groups excluding carboxylic acids is 10. The minimum atomic E-state index is -2.02. The molecular weight excluding hydrogens is 1180 g/mol. The summed E-state index contributed by atoms with van der Waals surface area (Å²) in [6.07, 6.45) is -22.3. The summed E-state index contributed by atoms with van der Waals surface area (Å²) in [4.78, 5) is 137. The molecule has 17 N–H and O–H groups in total. The number of nitrogens with zero attached hydrogens (tertiary/aromatic N) is 3. The molecule has 6 rings (SSSR count). The molecule has 88 heavy (non-hydrogen) atoms. The van der Waals surface area contributed by atoms with Crippen molar-refractivity contribution >= 4 is 59.1 Å². The molecule has 23 atom stereocenters. The first kappa shape index (κ1) is 71.2. The van der Waals surface area contributed by atoms with Crippen molar-refractivity contribution < 1.29 is 122 Å². The van der Waals surface area contributed by atoms with E-state index >= 15 is 0 Å². The summed E-state index contributed by atoms with van der Waals surface area (Å²) in [6.45, 7) is 3.87. The number of aliphatic hydroxyl groups is 9. The fourth-order valence-corrected chi connectivity index (χ4v) is 11.5. The molecule has 0 aromatic rings. The van der Waals surface area contributed by atoms with Gasteiger partial charge in [-0.3, -0.25) is 47.9 Å². The second-order valence-corrected chi connectivity index (χ2v) is 22.9. The number of amides is 10. The average molecular weight is 1260 g/mol. The van der Waals surface area contributed by atoms with Crippen molar-refractivity contribution in [3.63, 3.8) is 0 Å². The zero-order valence-electron chi connectivity index (χ0n) is 49.7. The highest BCUT2D eigenvalue weighted by Crippen LogP contribution is 2.35. The second-order valence-electron chi connectivity index (χ2n) is 22.9. The molecule has 35 heteroatoms. The lowest BCUT2D eigenvalue weighted by atomic mass is 9.91. The zero-order valence-corrected chi connectivity index (χ0v) is 49.7. The molecule has 10 amide bonds. The van der Waals surface area contributed by atoms with E-state index in [1.807, 2.05) is 0 Å². The van der Waals surface area contributed by atoms with Crippen molar-refractivity contribution in [1.82, 2.24) is 46.6 Å². The second kappa shape index (κ2) is 31.7. The van der Waals surface area contributed by atoms with Crippen molar-refractivity contribution in [2.45, 2.75) is 214 Å². The molecular formula is C53H86N10O25. The molecule has 0 radical (unpaired) electrons. The van der Waals surface area contributed by atoms with Gasteiger partial charge in [0.25, 0.3) is 0 Å². The fourth-order valence-electron chi connectivity index (χ4n) is 11.5. The lowest BCUT2D eigenvalue weighted by molar-refractivity contribution is -0.359. The quantitative estimate of drug-likeness (QED) is 0.0404. The van der Waals surface area contributed by atoms with Gasteiger partial charge in [-0.25, -0.2) is 0 Å². The molecule has 6 saturated heterocycles. The largest absolute Gasteiger partial charge is 0.394 e. The van der Waals surface area contributed by atoms with E-state index in [2.05, 4.69) is 31.9 Å². The summed E-state index contributed by atoms with van der Waals surface area (Å²) >= 11 is 0. The zero-order chi connectivity index (χ0) is 65.2. The number of rotatable bonds is 25. The summed E-state index contributed by atoms with van der Waals surface area (Å²) in [5.41, 5.74) is 5.34. The van der Waals surface area contributed by atoms with E-state index in [9.17, 15) is 93.9 Å². The third-order valence-corrected chi connectivity index (χ3v) is 16.6. The Morgan fingerprint density at radius 3 is 1.77 bits per heavy atom. The van der Waals surface area contributed by atoms with Crippen molar-refractivity contribution in [1.29, 1.82) is 0 Å². The van der Waals surface area contributed by atoms with Crippen LogP contribution in [0.3, 0.4) is 0 Å². The van der Waals surface area contributed by atoms with Crippen LogP contribution in [0, 0.1) is 5.92 Å². The summed E-state index contributed by atoms with van der Waals surface area (Å²) in [6, 6.07) is -10.7. The predicted octanol–water partition coefficient (Wildman–Crippen LogP) is -10.2. The number of primary amides is 1. The Morgan fingerprint density at radius 1 is 0.614 bits per heavy atom. The Hall–Kier alpha value is -5.90. The molecule has 6 heterocycles. The number of carbonyl (C=O) groups is 10. The Labute approximate surface area is 505 Å². The van der Waals surface area contributed by atoms with Crippen LogP contribution in [0.15, 0.2) is 0 Å². The maximum absolute atomic E-state index is 14.8. The molecule has 6 fully saturated rings. The predicted molar refractivity (Wildman–Crippen MR) is 293 cm³/mol. The molecule has 0 aliphatic carbocycles. The van der Waals surface area contributed by atoms with Crippen LogP contribution in [0.5, 0.6) is 0 Å². The average Bonchev–Trinajstić information content (AvgIpc) is 4.05. The number of nitrogens with one attached hydrogen (secondary N) is 6. The SMILES string of the molecule is CC(=O)NC1[C@H](OCC2O[C@@H](OC(C)C(NC(=O)C(CO)NC(=O)CNC(=O)C3CCCN3C(C)=O)C(=O)NC(C)C(=O)N3CCCC3C(=O)N3CCCC3C(=O)NC(C)C(N)=O)C(C)[C@@H](O[C@@H]3OC(CO)[C@H](O)[C@H](O)C3O)[C@H]2O)OC(CO)[C@H](O)[C@@H]1O. The molecule has 498 valence electrons. The molecule has 6 aliphatic heterocycles. The Morgan fingerprint density at radius 2 is 1.18 bits per heavy atom. The van der Waals surface area contributed by atoms with Crippen LogP contribution in [0.2, 0.25) is 0 Å². The highest BCUT2D eigenvalue weighted by molar-refractivity contribution is 5.98. The Kier molecular flexibility index (Phi) is 25.6. The maximum Gasteiger partial charge on any atom is 0.246 e. The van der Waals surface area contributed by atoms with Gasteiger partial charge < -0.3 is 127 Å². The van der Waals surface area contributed by atoms with E-state index in [-0.39, 0.29) is 31.8 Å². The lowest BCUT2D eigenvalue weighted by Crippen LogP contribution is -2.66. The van der Waals surface area contributed by atoms with Gasteiger partial charge in [-0.15, -0.1) is 0 Å². The molecule has 0 spiro atoms. The topological polar surface area (TPSA) is 516 Å². The van der Waals surface area contributed by atoms with Gasteiger partial charge in [0.05, 0.1) is 45.2 Å². The third-order valence-electron chi connectivity index (χ3n) is 16.6. The normalized spacial score (nSPS) is 34.1. The van der Waals surface area contributed by atoms with E-state index in [1.54, 1.807) is 0 Å². The number of nitrogens with two attached hydrogens (primary N) is 1. The van der Waals surface area contributed by atoms with Gasteiger partial charge >= 0.3 is 0 Å². The van der Waals surface area contributed by atoms with Crippen molar-refractivity contribution in [3.8, 4) is 0 Å². The first-order chi connectivity index (χ1) is 41.5. The Balaban J connectivity index is 1.27. The van der Waals surface area contributed by atoms with E-state index in [4.69, 9.17) is 34.2 Å². The molecule has 0 saturated carbocycles. The summed E-state index contributed by atoms with van der Waals surface area (Å²) in [5, 5.41) is 111. The number of likely N-dealkylation sites (tertiary alicyclic amines) is 3. The van der Waals surface area contributed by atoms with Crippen LogP contribution in [0.1, 0.15) is 80.1 Å². The molecule has 14 unspecified atom stereocenters. The lowest BCUT2D eigenvalue weighted by Gasteiger charge is -2.48. The number of ether oxygens (including phenoxy) is 6. The monoisotopic (exact) mass is 1260 g/mol. The van der Waals surface area contributed by atoms with Gasteiger partial charge in [-0.2, -0.15) is 0 Å². The van der Waals surface area contributed by atoms with Crippen LogP contribution in [0.25, 0.3) is 0 Å². The van der Waals surface area contributed by atoms with Gasteiger partial charge in [0.2, 0.25) is 59.1 Å². The summed E-state index contributed by atoms with van der Waals surface area (Å²) in [7, 11) is 0. The van der Waals surface area contributed by atoms with Crippen LogP contribution in [-0.2, 0) is 76.4 Å². The number of hydrogen-bond donors (Lipinski definition) is 16. The van der Waals surface area contributed by atoms with Crippen LogP contribution in [0.4, 0.5) is 0 Å². The van der Waals surface area contributed by atoms with Gasteiger partial charge in [0.1, 0.15) is 103 Å². The molecule has 6 aliphatic rings. The van der Waals surface area contributed by atoms with Crippen molar-refractivity contribution in [3.05, 3.63) is 0 Å². The highest BCUT2D eigenvalue weighted by Gasteiger charge is 2.53. The smallest absolute Gasteiger partial charge is 0.246 e. The summed E-state index contributed by atoms with van der Waals surface area (Å²) in [5.74, 6) is -9.13. The van der Waals surface area contributed by atoms with E-state index in [0.717, 1.165) is 6.92 Å². The highest BCUT2D eigenvalue weighted by atomic mass is 16.7. The minimum absolute atomic E-state index is 0.0395. The minimum Gasteiger partial charge on any atom is -0.394 e. The van der Waals surface area contributed by atoms with Crippen LogP contribution in [-0.4, -0.2) is 307 Å². The molecule has 0 aromatic carbocycles. The first-order valence-electron chi connectivity index (χ1n) is 29.3. The van der Waals surface area contributed by atoms with Gasteiger partial charge in [0.15, 0.2) is 18.9 Å². The molecule has 35 nitrogen and oxygen atoms in total.